The van der Waals surface area contributed by atoms with Crippen molar-refractivity contribution in [1.29, 1.82) is 0 Å². The average molecular weight is 417 g/mol. The molecule has 9 nitrogen and oxygen atoms in total. The average Bonchev–Trinajstić information content (AvgIpc) is 3.30. The number of rotatable bonds is 6. The molecule has 0 saturated carbocycles. The van der Waals surface area contributed by atoms with Crippen LogP contribution in [0.2, 0.25) is 0 Å². The number of likely N-dealkylation sites (tertiary alicyclic amines) is 1. The molecule has 1 aromatic carbocycles. The lowest BCUT2D eigenvalue weighted by Crippen LogP contribution is -2.54. The SMILES string of the molecule is CCc1nc2ccc(C(C)N3CC(Oc4ccc(-n5ccnn5)nc4)C3)cc2[nH]c1=O. The van der Waals surface area contributed by atoms with Crippen LogP contribution in [-0.2, 0) is 6.42 Å². The first-order valence-corrected chi connectivity index (χ1v) is 10.4. The normalized spacial score (nSPS) is 15.7. The minimum Gasteiger partial charge on any atom is -0.486 e. The lowest BCUT2D eigenvalue weighted by molar-refractivity contribution is -0.00537. The summed E-state index contributed by atoms with van der Waals surface area (Å²) in [5.74, 6) is 1.44. The van der Waals surface area contributed by atoms with Crippen LogP contribution in [0.5, 0.6) is 5.75 Å². The van der Waals surface area contributed by atoms with E-state index in [9.17, 15) is 4.79 Å². The molecule has 0 aliphatic carbocycles. The van der Waals surface area contributed by atoms with Crippen LogP contribution < -0.4 is 10.3 Å². The van der Waals surface area contributed by atoms with Crippen molar-refractivity contribution in [2.75, 3.05) is 13.1 Å². The van der Waals surface area contributed by atoms with Gasteiger partial charge in [0.2, 0.25) is 0 Å². The van der Waals surface area contributed by atoms with Crippen LogP contribution in [0.15, 0.2) is 53.7 Å². The zero-order valence-electron chi connectivity index (χ0n) is 17.4. The fourth-order valence-corrected chi connectivity index (χ4v) is 3.81. The van der Waals surface area contributed by atoms with Gasteiger partial charge >= 0.3 is 0 Å². The highest BCUT2D eigenvalue weighted by Gasteiger charge is 2.32. The quantitative estimate of drug-likeness (QED) is 0.513. The minimum atomic E-state index is -0.110. The number of hydrogen-bond acceptors (Lipinski definition) is 7. The Morgan fingerprint density at radius 2 is 2.13 bits per heavy atom. The molecule has 1 unspecified atom stereocenters. The Balaban J connectivity index is 1.22. The maximum Gasteiger partial charge on any atom is 0.270 e. The summed E-state index contributed by atoms with van der Waals surface area (Å²) < 4.78 is 7.65. The fraction of sp³-hybridized carbons (Fsp3) is 0.318. The summed E-state index contributed by atoms with van der Waals surface area (Å²) in [5, 5.41) is 7.71. The van der Waals surface area contributed by atoms with Gasteiger partial charge in [0.1, 0.15) is 17.5 Å². The number of hydrogen-bond donors (Lipinski definition) is 1. The molecule has 1 aliphatic heterocycles. The van der Waals surface area contributed by atoms with Gasteiger partial charge in [-0.2, -0.15) is 0 Å². The van der Waals surface area contributed by atoms with Crippen molar-refractivity contribution in [3.05, 3.63) is 70.5 Å². The predicted molar refractivity (Wildman–Crippen MR) is 115 cm³/mol. The second-order valence-corrected chi connectivity index (χ2v) is 7.71. The van der Waals surface area contributed by atoms with Gasteiger partial charge in [-0.1, -0.05) is 18.2 Å². The van der Waals surface area contributed by atoms with Gasteiger partial charge < -0.3 is 9.72 Å². The Morgan fingerprint density at radius 1 is 1.26 bits per heavy atom. The number of nitrogens with one attached hydrogen (secondary N) is 1. The lowest BCUT2D eigenvalue weighted by Gasteiger charge is -2.42. The Morgan fingerprint density at radius 3 is 2.84 bits per heavy atom. The van der Waals surface area contributed by atoms with E-state index in [0.717, 1.165) is 35.4 Å². The summed E-state index contributed by atoms with van der Waals surface area (Å²) in [6.07, 6.45) is 5.81. The van der Waals surface area contributed by atoms with E-state index in [-0.39, 0.29) is 17.7 Å². The van der Waals surface area contributed by atoms with Gasteiger partial charge in [0.05, 0.1) is 29.6 Å². The van der Waals surface area contributed by atoms with Gasteiger partial charge in [0, 0.05) is 19.1 Å². The molecule has 1 aliphatic rings. The highest BCUT2D eigenvalue weighted by Crippen LogP contribution is 2.28. The standard InChI is InChI=1S/C22H23N7O2/c1-3-18-22(30)26-20-10-15(4-6-19(20)25-18)14(2)28-12-17(13-28)31-16-5-7-21(23-11-16)29-9-8-24-27-29/h4-11,14,17H,3,12-13H2,1-2H3,(H,26,30). The van der Waals surface area contributed by atoms with Gasteiger partial charge in [-0.15, -0.1) is 5.10 Å². The van der Waals surface area contributed by atoms with Crippen LogP contribution >= 0.6 is 0 Å². The third kappa shape index (κ3) is 3.79. The molecule has 158 valence electrons. The molecule has 1 N–H and O–H groups in total. The molecule has 1 fully saturated rings. The molecular formula is C22H23N7O2. The molecule has 0 amide bonds. The highest BCUT2D eigenvalue weighted by molar-refractivity contribution is 5.75. The number of fused-ring (bicyclic) bond motifs is 1. The first-order chi connectivity index (χ1) is 15.1. The Labute approximate surface area is 178 Å². The third-order valence-electron chi connectivity index (χ3n) is 5.71. The van der Waals surface area contributed by atoms with Crippen molar-refractivity contribution >= 4 is 11.0 Å². The summed E-state index contributed by atoms with van der Waals surface area (Å²) >= 11 is 0. The second-order valence-electron chi connectivity index (χ2n) is 7.71. The molecule has 0 spiro atoms. The smallest absolute Gasteiger partial charge is 0.270 e. The largest absolute Gasteiger partial charge is 0.486 e. The van der Waals surface area contributed by atoms with Crippen molar-refractivity contribution in [2.24, 2.45) is 0 Å². The van der Waals surface area contributed by atoms with Crippen LogP contribution in [0.3, 0.4) is 0 Å². The lowest BCUT2D eigenvalue weighted by atomic mass is 10.0. The molecule has 0 radical (unpaired) electrons. The second kappa shape index (κ2) is 7.92. The topological polar surface area (TPSA) is 102 Å². The number of H-pyrrole nitrogens is 1. The van der Waals surface area contributed by atoms with Gasteiger partial charge in [0.15, 0.2) is 5.82 Å². The van der Waals surface area contributed by atoms with Crippen molar-refractivity contribution in [3.63, 3.8) is 0 Å². The first-order valence-electron chi connectivity index (χ1n) is 10.4. The Hall–Kier alpha value is -3.59. The van der Waals surface area contributed by atoms with E-state index in [1.807, 2.05) is 31.2 Å². The molecule has 1 atom stereocenters. The number of ether oxygens (including phenoxy) is 1. The number of aryl methyl sites for hydroxylation is 1. The Bertz CT molecular complexity index is 1250. The zero-order chi connectivity index (χ0) is 21.4. The first kappa shape index (κ1) is 19.4. The molecule has 1 saturated heterocycles. The van der Waals surface area contributed by atoms with E-state index in [2.05, 4.69) is 43.2 Å². The van der Waals surface area contributed by atoms with Gasteiger partial charge in [0.25, 0.3) is 5.56 Å². The van der Waals surface area contributed by atoms with Gasteiger partial charge in [-0.05, 0) is 43.2 Å². The van der Waals surface area contributed by atoms with Crippen LogP contribution in [0.25, 0.3) is 16.9 Å². The highest BCUT2D eigenvalue weighted by atomic mass is 16.5. The van der Waals surface area contributed by atoms with E-state index in [1.165, 1.54) is 0 Å². The number of aromatic nitrogens is 6. The fourth-order valence-electron chi connectivity index (χ4n) is 3.81. The van der Waals surface area contributed by atoms with E-state index < -0.39 is 0 Å². The van der Waals surface area contributed by atoms with Crippen LogP contribution in [0, 0.1) is 0 Å². The molecule has 4 aromatic rings. The number of aromatic amines is 1. The summed E-state index contributed by atoms with van der Waals surface area (Å²) in [6, 6.07) is 10.1. The summed E-state index contributed by atoms with van der Waals surface area (Å²) in [5.41, 5.74) is 3.20. The van der Waals surface area contributed by atoms with E-state index >= 15 is 0 Å². The Kier molecular flexibility index (Phi) is 4.95. The maximum atomic E-state index is 12.1. The molecule has 5 rings (SSSR count). The molecule has 9 heteroatoms. The van der Waals surface area contributed by atoms with E-state index in [0.29, 0.717) is 17.9 Å². The van der Waals surface area contributed by atoms with Crippen molar-refractivity contribution < 1.29 is 4.74 Å². The zero-order valence-corrected chi connectivity index (χ0v) is 17.4. The summed E-state index contributed by atoms with van der Waals surface area (Å²) in [4.78, 5) is 26.2. The molecule has 31 heavy (non-hydrogen) atoms. The number of benzene rings is 1. The van der Waals surface area contributed by atoms with Crippen LogP contribution in [0.4, 0.5) is 0 Å². The summed E-state index contributed by atoms with van der Waals surface area (Å²) in [6.45, 7) is 5.75. The predicted octanol–water partition coefficient (Wildman–Crippen LogP) is 2.29. The molecule has 0 bridgehead atoms. The molecular weight excluding hydrogens is 394 g/mol. The van der Waals surface area contributed by atoms with Gasteiger partial charge in [-0.3, -0.25) is 9.69 Å². The van der Waals surface area contributed by atoms with Crippen molar-refractivity contribution in [2.45, 2.75) is 32.4 Å². The third-order valence-corrected chi connectivity index (χ3v) is 5.71. The van der Waals surface area contributed by atoms with Crippen molar-refractivity contribution in [3.8, 4) is 11.6 Å². The monoisotopic (exact) mass is 417 g/mol. The summed E-state index contributed by atoms with van der Waals surface area (Å²) in [7, 11) is 0. The maximum absolute atomic E-state index is 12.1. The van der Waals surface area contributed by atoms with Gasteiger partial charge in [-0.25, -0.2) is 14.6 Å². The van der Waals surface area contributed by atoms with E-state index in [4.69, 9.17) is 4.74 Å². The number of nitrogens with zero attached hydrogens (tertiary/aromatic N) is 6. The molecule has 3 aromatic heterocycles. The number of pyridine rings is 1. The van der Waals surface area contributed by atoms with Crippen LogP contribution in [0.1, 0.15) is 31.1 Å². The van der Waals surface area contributed by atoms with Crippen LogP contribution in [-0.4, -0.2) is 54.0 Å². The van der Waals surface area contributed by atoms with E-state index in [1.54, 1.807) is 23.3 Å². The minimum absolute atomic E-state index is 0.110. The van der Waals surface area contributed by atoms with Crippen molar-refractivity contribution in [1.82, 2.24) is 34.8 Å². The molecule has 4 heterocycles.